The summed E-state index contributed by atoms with van der Waals surface area (Å²) in [6.07, 6.45) is 0. The Morgan fingerprint density at radius 3 is 2.45 bits per heavy atom. The second-order valence-corrected chi connectivity index (χ2v) is 4.95. The minimum Gasteiger partial charge on any atom is -0.494 e. The number of furan rings is 1. The molecule has 108 valence electrons. The van der Waals surface area contributed by atoms with Crippen LogP contribution in [-0.2, 0) is 0 Å². The normalized spacial score (nSPS) is 14.1. The van der Waals surface area contributed by atoms with Crippen LogP contribution in [0.4, 0.5) is 4.39 Å². The highest BCUT2D eigenvalue weighted by Gasteiger charge is 2.15. The quantitative estimate of drug-likeness (QED) is 0.891. The highest BCUT2D eigenvalue weighted by molar-refractivity contribution is 5.31. The van der Waals surface area contributed by atoms with Gasteiger partial charge in [0.25, 0.3) is 0 Å². The van der Waals surface area contributed by atoms with Gasteiger partial charge in [0.15, 0.2) is 11.6 Å². The number of nitrogens with one attached hydrogen (secondary N) is 1. The summed E-state index contributed by atoms with van der Waals surface area (Å²) < 4.78 is 24.2. The number of ether oxygens (including phenoxy) is 1. The van der Waals surface area contributed by atoms with E-state index in [9.17, 15) is 4.39 Å². The maximum Gasteiger partial charge on any atom is 0.165 e. The minimum atomic E-state index is -0.347. The molecule has 20 heavy (non-hydrogen) atoms. The van der Waals surface area contributed by atoms with Gasteiger partial charge in [0.2, 0.25) is 0 Å². The van der Waals surface area contributed by atoms with Crippen LogP contribution in [0.1, 0.15) is 43.0 Å². The highest BCUT2D eigenvalue weighted by Crippen LogP contribution is 2.24. The number of benzene rings is 1. The van der Waals surface area contributed by atoms with E-state index in [4.69, 9.17) is 9.15 Å². The molecule has 1 aromatic heterocycles. The van der Waals surface area contributed by atoms with E-state index in [0.29, 0.717) is 0 Å². The first kappa shape index (κ1) is 14.6. The number of methoxy groups -OCH3 is 1. The van der Waals surface area contributed by atoms with E-state index in [0.717, 1.165) is 17.1 Å². The van der Waals surface area contributed by atoms with E-state index >= 15 is 0 Å². The summed E-state index contributed by atoms with van der Waals surface area (Å²) in [6.45, 7) is 5.93. The van der Waals surface area contributed by atoms with Crippen molar-refractivity contribution < 1.29 is 13.5 Å². The predicted octanol–water partition coefficient (Wildman–Crippen LogP) is 4.15. The van der Waals surface area contributed by atoms with E-state index < -0.39 is 0 Å². The van der Waals surface area contributed by atoms with Crippen molar-refractivity contribution in [3.8, 4) is 5.75 Å². The fourth-order valence-electron chi connectivity index (χ4n) is 2.19. The molecule has 1 aromatic carbocycles. The molecule has 0 aliphatic rings. The van der Waals surface area contributed by atoms with Crippen LogP contribution in [-0.4, -0.2) is 7.11 Å². The monoisotopic (exact) mass is 277 g/mol. The zero-order chi connectivity index (χ0) is 14.7. The summed E-state index contributed by atoms with van der Waals surface area (Å²) in [7, 11) is 1.46. The number of hydrogen-bond donors (Lipinski definition) is 1. The molecular formula is C16H20FNO2. The predicted molar refractivity (Wildman–Crippen MR) is 76.4 cm³/mol. The van der Waals surface area contributed by atoms with Crippen molar-refractivity contribution in [3.63, 3.8) is 0 Å². The Kier molecular flexibility index (Phi) is 4.45. The average molecular weight is 277 g/mol. The lowest BCUT2D eigenvalue weighted by Crippen LogP contribution is -2.22. The van der Waals surface area contributed by atoms with Gasteiger partial charge in [-0.15, -0.1) is 0 Å². The Hall–Kier alpha value is -1.81. The molecule has 0 amide bonds. The summed E-state index contributed by atoms with van der Waals surface area (Å²) >= 11 is 0. The number of aryl methyl sites for hydroxylation is 1. The lowest BCUT2D eigenvalue weighted by molar-refractivity contribution is 0.381. The zero-order valence-electron chi connectivity index (χ0n) is 12.2. The smallest absolute Gasteiger partial charge is 0.165 e. The third kappa shape index (κ3) is 3.20. The van der Waals surface area contributed by atoms with E-state index in [-0.39, 0.29) is 23.7 Å². The van der Waals surface area contributed by atoms with Crippen LogP contribution in [0.25, 0.3) is 0 Å². The van der Waals surface area contributed by atoms with Crippen LogP contribution >= 0.6 is 0 Å². The zero-order valence-corrected chi connectivity index (χ0v) is 12.2. The standard InChI is InChI=1S/C16H20FNO2/c1-10-5-7-15(20-10)12(3)18-11(2)13-6-8-16(19-4)14(17)9-13/h5-9,11-12,18H,1-4H3. The van der Waals surface area contributed by atoms with Gasteiger partial charge in [0, 0.05) is 6.04 Å². The van der Waals surface area contributed by atoms with Crippen LogP contribution in [0.2, 0.25) is 0 Å². The van der Waals surface area contributed by atoms with Gasteiger partial charge in [0.1, 0.15) is 11.5 Å². The molecule has 2 unspecified atom stereocenters. The molecule has 0 saturated heterocycles. The summed E-state index contributed by atoms with van der Waals surface area (Å²) in [6, 6.07) is 8.96. The van der Waals surface area contributed by atoms with Crippen molar-refractivity contribution in [2.24, 2.45) is 0 Å². The van der Waals surface area contributed by atoms with E-state index in [1.54, 1.807) is 6.07 Å². The molecule has 1 heterocycles. The van der Waals surface area contributed by atoms with Gasteiger partial charge in [-0.3, -0.25) is 0 Å². The molecular weight excluding hydrogens is 257 g/mol. The lowest BCUT2D eigenvalue weighted by atomic mass is 10.1. The Balaban J connectivity index is 2.07. The van der Waals surface area contributed by atoms with Crippen molar-refractivity contribution >= 4 is 0 Å². The van der Waals surface area contributed by atoms with Crippen LogP contribution < -0.4 is 10.1 Å². The molecule has 0 radical (unpaired) electrons. The van der Waals surface area contributed by atoms with Gasteiger partial charge in [-0.1, -0.05) is 6.07 Å². The second-order valence-electron chi connectivity index (χ2n) is 4.95. The van der Waals surface area contributed by atoms with E-state index in [1.165, 1.54) is 13.2 Å². The molecule has 1 N–H and O–H groups in total. The fourth-order valence-corrected chi connectivity index (χ4v) is 2.19. The summed E-state index contributed by atoms with van der Waals surface area (Å²) in [5, 5.41) is 3.39. The van der Waals surface area contributed by atoms with Gasteiger partial charge in [-0.25, -0.2) is 4.39 Å². The molecule has 2 rings (SSSR count). The molecule has 2 atom stereocenters. The topological polar surface area (TPSA) is 34.4 Å². The summed E-state index contributed by atoms with van der Waals surface area (Å²) in [5.41, 5.74) is 0.874. The highest BCUT2D eigenvalue weighted by atomic mass is 19.1. The molecule has 0 saturated carbocycles. The Bertz CT molecular complexity index is 580. The molecule has 4 heteroatoms. The lowest BCUT2D eigenvalue weighted by Gasteiger charge is -2.19. The molecule has 0 aliphatic carbocycles. The maximum atomic E-state index is 13.7. The van der Waals surface area contributed by atoms with E-state index in [1.807, 2.05) is 39.0 Å². The average Bonchev–Trinajstić information content (AvgIpc) is 2.85. The molecule has 0 bridgehead atoms. The molecule has 0 aliphatic heterocycles. The van der Waals surface area contributed by atoms with Gasteiger partial charge >= 0.3 is 0 Å². The molecule has 3 nitrogen and oxygen atoms in total. The third-order valence-corrected chi connectivity index (χ3v) is 3.36. The first-order valence-electron chi connectivity index (χ1n) is 6.67. The van der Waals surface area contributed by atoms with Crippen molar-refractivity contribution in [1.82, 2.24) is 5.32 Å². The summed E-state index contributed by atoms with van der Waals surface area (Å²) in [5.74, 6) is 1.68. The molecule has 0 spiro atoms. The first-order chi connectivity index (χ1) is 9.51. The Morgan fingerprint density at radius 1 is 1.15 bits per heavy atom. The van der Waals surface area contributed by atoms with Crippen LogP contribution in [0.15, 0.2) is 34.7 Å². The van der Waals surface area contributed by atoms with Crippen LogP contribution in [0.5, 0.6) is 5.75 Å². The SMILES string of the molecule is COc1ccc(C(C)NC(C)c2ccc(C)o2)cc1F. The Labute approximate surface area is 118 Å². The van der Waals surface area contributed by atoms with Gasteiger partial charge in [-0.05, 0) is 50.6 Å². The number of hydrogen-bond acceptors (Lipinski definition) is 3. The molecule has 2 aromatic rings. The third-order valence-electron chi connectivity index (χ3n) is 3.36. The van der Waals surface area contributed by atoms with Crippen molar-refractivity contribution in [1.29, 1.82) is 0 Å². The first-order valence-corrected chi connectivity index (χ1v) is 6.67. The van der Waals surface area contributed by atoms with Gasteiger partial charge < -0.3 is 14.5 Å². The van der Waals surface area contributed by atoms with Crippen molar-refractivity contribution in [2.75, 3.05) is 7.11 Å². The van der Waals surface area contributed by atoms with Crippen LogP contribution in [0.3, 0.4) is 0 Å². The van der Waals surface area contributed by atoms with Crippen molar-refractivity contribution in [2.45, 2.75) is 32.9 Å². The fraction of sp³-hybridized carbons (Fsp3) is 0.375. The van der Waals surface area contributed by atoms with E-state index in [2.05, 4.69) is 5.32 Å². The minimum absolute atomic E-state index is 0.0100. The largest absolute Gasteiger partial charge is 0.494 e. The number of rotatable bonds is 5. The van der Waals surface area contributed by atoms with Crippen LogP contribution in [0, 0.1) is 12.7 Å². The molecule has 0 fully saturated rings. The Morgan fingerprint density at radius 2 is 1.90 bits per heavy atom. The maximum absolute atomic E-state index is 13.7. The number of halogens is 1. The second kappa shape index (κ2) is 6.09. The van der Waals surface area contributed by atoms with Gasteiger partial charge in [0.05, 0.1) is 13.2 Å². The van der Waals surface area contributed by atoms with Gasteiger partial charge in [-0.2, -0.15) is 0 Å². The van der Waals surface area contributed by atoms with Crippen molar-refractivity contribution in [3.05, 3.63) is 53.2 Å². The summed E-state index contributed by atoms with van der Waals surface area (Å²) in [4.78, 5) is 0.